The maximum absolute atomic E-state index is 12.6. The lowest BCUT2D eigenvalue weighted by Gasteiger charge is -2.10. The van der Waals surface area contributed by atoms with Crippen LogP contribution in [0.1, 0.15) is 39.8 Å². The fraction of sp³-hybridized carbons (Fsp3) is 0.250. The molecular formula is C24H24N2O3S. The second kappa shape index (κ2) is 8.03. The van der Waals surface area contributed by atoms with E-state index in [0.29, 0.717) is 12.0 Å². The SMILES string of the molecule is Cc1nn([C@@H]2CCS(=O)(=O)C2)c(C)c1/C=C/C(=O)c1ccc(-c2ccccc2)cc1. The third kappa shape index (κ3) is 4.14. The van der Waals surface area contributed by atoms with Gasteiger partial charge < -0.3 is 0 Å². The van der Waals surface area contributed by atoms with Crippen LogP contribution < -0.4 is 0 Å². The van der Waals surface area contributed by atoms with Crippen molar-refractivity contribution in [2.24, 2.45) is 0 Å². The Morgan fingerprint density at radius 2 is 1.70 bits per heavy atom. The summed E-state index contributed by atoms with van der Waals surface area (Å²) in [4.78, 5) is 12.6. The smallest absolute Gasteiger partial charge is 0.185 e. The molecule has 0 radical (unpaired) electrons. The summed E-state index contributed by atoms with van der Waals surface area (Å²) in [5.41, 5.74) is 5.35. The Morgan fingerprint density at radius 1 is 1.03 bits per heavy atom. The highest BCUT2D eigenvalue weighted by Crippen LogP contribution is 2.27. The largest absolute Gasteiger partial charge is 0.289 e. The maximum atomic E-state index is 12.6. The highest BCUT2D eigenvalue weighted by Gasteiger charge is 2.31. The van der Waals surface area contributed by atoms with E-state index in [9.17, 15) is 13.2 Å². The number of allylic oxidation sites excluding steroid dienone is 1. The number of rotatable bonds is 5. The van der Waals surface area contributed by atoms with E-state index >= 15 is 0 Å². The number of aryl methyl sites for hydroxylation is 1. The average molecular weight is 421 g/mol. The van der Waals surface area contributed by atoms with Crippen LogP contribution in [-0.4, -0.2) is 35.5 Å². The standard InChI is InChI=1S/C24H24N2O3S/c1-17-23(18(2)26(25-17)22-14-15-30(28,29)16-22)12-13-24(27)21-10-8-20(9-11-21)19-6-4-3-5-7-19/h3-13,22H,14-16H2,1-2H3/b13-12+/t22-/m1/s1. The van der Waals surface area contributed by atoms with Crippen LogP contribution in [-0.2, 0) is 9.84 Å². The van der Waals surface area contributed by atoms with Gasteiger partial charge in [0.05, 0.1) is 23.2 Å². The van der Waals surface area contributed by atoms with Gasteiger partial charge >= 0.3 is 0 Å². The minimum absolute atomic E-state index is 0.0791. The highest BCUT2D eigenvalue weighted by atomic mass is 32.2. The quantitative estimate of drug-likeness (QED) is 0.452. The first-order valence-electron chi connectivity index (χ1n) is 9.98. The first-order valence-corrected chi connectivity index (χ1v) is 11.8. The van der Waals surface area contributed by atoms with Gasteiger partial charge in [0.15, 0.2) is 15.6 Å². The monoisotopic (exact) mass is 420 g/mol. The Bertz CT molecular complexity index is 1210. The van der Waals surface area contributed by atoms with Crippen molar-refractivity contribution in [2.45, 2.75) is 26.3 Å². The van der Waals surface area contributed by atoms with Crippen LogP contribution in [0.3, 0.4) is 0 Å². The predicted molar refractivity (Wildman–Crippen MR) is 119 cm³/mol. The minimum atomic E-state index is -2.98. The number of aromatic nitrogens is 2. The normalized spacial score (nSPS) is 18.1. The molecule has 0 saturated carbocycles. The van der Waals surface area contributed by atoms with Crippen molar-refractivity contribution in [3.05, 3.63) is 83.2 Å². The first kappa shape index (κ1) is 20.3. The Morgan fingerprint density at radius 3 is 2.33 bits per heavy atom. The van der Waals surface area contributed by atoms with Crippen LogP contribution in [0.4, 0.5) is 0 Å². The summed E-state index contributed by atoms with van der Waals surface area (Å²) in [7, 11) is -2.98. The van der Waals surface area contributed by atoms with Gasteiger partial charge in [0.25, 0.3) is 0 Å². The third-order valence-electron chi connectivity index (χ3n) is 5.61. The van der Waals surface area contributed by atoms with Crippen molar-refractivity contribution < 1.29 is 13.2 Å². The number of benzene rings is 2. The molecule has 0 aliphatic carbocycles. The van der Waals surface area contributed by atoms with Crippen molar-refractivity contribution in [2.75, 3.05) is 11.5 Å². The molecule has 1 aromatic heterocycles. The van der Waals surface area contributed by atoms with Gasteiger partial charge in [0, 0.05) is 16.8 Å². The first-order chi connectivity index (χ1) is 14.3. The van der Waals surface area contributed by atoms with E-state index in [2.05, 4.69) is 5.10 Å². The molecule has 5 nitrogen and oxygen atoms in total. The zero-order valence-electron chi connectivity index (χ0n) is 17.1. The lowest BCUT2D eigenvalue weighted by Crippen LogP contribution is -2.13. The van der Waals surface area contributed by atoms with E-state index in [1.54, 1.807) is 16.8 Å². The summed E-state index contributed by atoms with van der Waals surface area (Å²) in [5.74, 6) is 0.258. The van der Waals surface area contributed by atoms with E-state index in [1.165, 1.54) is 0 Å². The number of nitrogens with zero attached hydrogens (tertiary/aromatic N) is 2. The molecule has 0 unspecified atom stereocenters. The third-order valence-corrected chi connectivity index (χ3v) is 7.36. The minimum Gasteiger partial charge on any atom is -0.289 e. The van der Waals surface area contributed by atoms with Crippen molar-refractivity contribution in [3.8, 4) is 11.1 Å². The van der Waals surface area contributed by atoms with Gasteiger partial charge in [-0.15, -0.1) is 0 Å². The van der Waals surface area contributed by atoms with Gasteiger partial charge in [0.2, 0.25) is 0 Å². The molecule has 1 atom stereocenters. The molecule has 2 heterocycles. The zero-order chi connectivity index (χ0) is 21.3. The number of carbonyl (C=O) groups is 1. The Labute approximate surface area is 177 Å². The molecule has 3 aromatic rings. The zero-order valence-corrected chi connectivity index (χ0v) is 17.9. The molecule has 2 aromatic carbocycles. The Kier molecular flexibility index (Phi) is 5.43. The average Bonchev–Trinajstić information content (AvgIpc) is 3.25. The molecule has 30 heavy (non-hydrogen) atoms. The van der Waals surface area contributed by atoms with Gasteiger partial charge in [-0.25, -0.2) is 8.42 Å². The molecule has 4 rings (SSSR count). The van der Waals surface area contributed by atoms with Crippen LogP contribution in [0.2, 0.25) is 0 Å². The molecule has 1 aliphatic heterocycles. The van der Waals surface area contributed by atoms with Gasteiger partial charge in [-0.05, 0) is 43.5 Å². The molecule has 0 amide bonds. The van der Waals surface area contributed by atoms with Gasteiger partial charge in [-0.3, -0.25) is 9.48 Å². The second-order valence-electron chi connectivity index (χ2n) is 7.73. The molecule has 6 heteroatoms. The topological polar surface area (TPSA) is 69.0 Å². The van der Waals surface area contributed by atoms with E-state index in [4.69, 9.17) is 0 Å². The number of hydrogen-bond acceptors (Lipinski definition) is 4. The summed E-state index contributed by atoms with van der Waals surface area (Å²) in [5, 5.41) is 4.54. The van der Waals surface area contributed by atoms with Gasteiger partial charge in [-0.1, -0.05) is 54.6 Å². The lowest BCUT2D eigenvalue weighted by atomic mass is 10.0. The summed E-state index contributed by atoms with van der Waals surface area (Å²) in [6, 6.07) is 17.5. The van der Waals surface area contributed by atoms with Crippen LogP contribution in [0.25, 0.3) is 17.2 Å². The fourth-order valence-corrected chi connectivity index (χ4v) is 5.65. The predicted octanol–water partition coefficient (Wildman–Crippen LogP) is 4.42. The summed E-state index contributed by atoms with van der Waals surface area (Å²) >= 11 is 0. The lowest BCUT2D eigenvalue weighted by molar-refractivity contribution is 0.104. The van der Waals surface area contributed by atoms with Crippen molar-refractivity contribution in [3.63, 3.8) is 0 Å². The summed E-state index contributed by atoms with van der Waals surface area (Å²) in [6.45, 7) is 3.80. The number of hydrogen-bond donors (Lipinski definition) is 0. The highest BCUT2D eigenvalue weighted by molar-refractivity contribution is 7.91. The number of ketones is 1. The number of carbonyl (C=O) groups excluding carboxylic acids is 1. The molecule has 1 saturated heterocycles. The summed E-state index contributed by atoms with van der Waals surface area (Å²) in [6.07, 6.45) is 3.93. The molecular weight excluding hydrogens is 396 g/mol. The molecule has 1 fully saturated rings. The molecule has 154 valence electrons. The van der Waals surface area contributed by atoms with Crippen molar-refractivity contribution in [1.29, 1.82) is 0 Å². The van der Waals surface area contributed by atoms with Gasteiger partial charge in [0.1, 0.15) is 0 Å². The van der Waals surface area contributed by atoms with E-state index in [-0.39, 0.29) is 23.3 Å². The molecule has 0 N–H and O–H groups in total. The van der Waals surface area contributed by atoms with Crippen LogP contribution in [0.15, 0.2) is 60.7 Å². The van der Waals surface area contributed by atoms with Crippen molar-refractivity contribution >= 4 is 21.7 Å². The maximum Gasteiger partial charge on any atom is 0.185 e. The Balaban J connectivity index is 1.52. The fourth-order valence-electron chi connectivity index (χ4n) is 3.95. The summed E-state index contributed by atoms with van der Waals surface area (Å²) < 4.78 is 25.4. The van der Waals surface area contributed by atoms with Crippen LogP contribution in [0.5, 0.6) is 0 Å². The van der Waals surface area contributed by atoms with Crippen LogP contribution >= 0.6 is 0 Å². The molecule has 0 spiro atoms. The van der Waals surface area contributed by atoms with Gasteiger partial charge in [-0.2, -0.15) is 5.10 Å². The number of sulfone groups is 1. The van der Waals surface area contributed by atoms with E-state index in [1.807, 2.05) is 68.4 Å². The van der Waals surface area contributed by atoms with Crippen molar-refractivity contribution in [1.82, 2.24) is 9.78 Å². The Hall–Kier alpha value is -2.99. The second-order valence-corrected chi connectivity index (χ2v) is 9.96. The van der Waals surface area contributed by atoms with Crippen LogP contribution in [0, 0.1) is 13.8 Å². The van der Waals surface area contributed by atoms with E-state index in [0.717, 1.165) is 28.1 Å². The molecule has 0 bridgehead atoms. The van der Waals surface area contributed by atoms with E-state index < -0.39 is 9.84 Å². The molecule has 1 aliphatic rings.